The van der Waals surface area contributed by atoms with E-state index in [2.05, 4.69) is 5.32 Å². The van der Waals surface area contributed by atoms with Crippen LogP contribution in [0.25, 0.3) is 0 Å². The molecule has 3 rings (SSSR count). The summed E-state index contributed by atoms with van der Waals surface area (Å²) in [6.07, 6.45) is 1.45. The van der Waals surface area contributed by atoms with Gasteiger partial charge in [-0.3, -0.25) is 0 Å². The number of allylic oxidation sites excluding steroid dienone is 1. The number of nitrogens with one attached hydrogen (secondary N) is 1. The van der Waals surface area contributed by atoms with Crippen molar-refractivity contribution in [1.82, 2.24) is 5.32 Å². The number of esters is 2. The minimum atomic E-state index is -1.40. The van der Waals surface area contributed by atoms with Crippen molar-refractivity contribution in [2.24, 2.45) is 0 Å². The molecule has 2 unspecified atom stereocenters. The zero-order valence-corrected chi connectivity index (χ0v) is 21.3. The smallest absolute Gasteiger partial charge is 0.336 e. The number of halogens is 2. The SMILES string of the molecule is CCOC(=O)C1=C(COCC(C)(O)c2ccco2)NC(C)=C(C(=O)OC)C1c1cccc(Cl)c1Cl. The Morgan fingerprint density at radius 1 is 1.17 bits per heavy atom. The molecule has 2 heterocycles. The van der Waals surface area contributed by atoms with Crippen LogP contribution >= 0.6 is 23.2 Å². The van der Waals surface area contributed by atoms with E-state index >= 15 is 0 Å². The van der Waals surface area contributed by atoms with Gasteiger partial charge in [0.25, 0.3) is 0 Å². The van der Waals surface area contributed by atoms with Gasteiger partial charge in [-0.1, -0.05) is 35.3 Å². The van der Waals surface area contributed by atoms with Crippen LogP contribution in [0.15, 0.2) is 63.6 Å². The molecular weight excluding hydrogens is 497 g/mol. The summed E-state index contributed by atoms with van der Waals surface area (Å²) in [6, 6.07) is 8.26. The second kappa shape index (κ2) is 11.3. The number of methoxy groups -OCH3 is 1. The maximum Gasteiger partial charge on any atom is 0.336 e. The van der Waals surface area contributed by atoms with Gasteiger partial charge in [-0.15, -0.1) is 0 Å². The number of carbonyl (C=O) groups excluding carboxylic acids is 2. The molecule has 1 aliphatic rings. The Labute approximate surface area is 213 Å². The van der Waals surface area contributed by atoms with Gasteiger partial charge in [-0.2, -0.15) is 0 Å². The second-order valence-corrected chi connectivity index (χ2v) is 8.87. The average Bonchev–Trinajstić information content (AvgIpc) is 3.36. The van der Waals surface area contributed by atoms with Crippen LogP contribution in [0.5, 0.6) is 0 Å². The first-order valence-electron chi connectivity index (χ1n) is 10.9. The number of dihydropyridines is 1. The first-order valence-corrected chi connectivity index (χ1v) is 11.6. The van der Waals surface area contributed by atoms with Crippen LogP contribution in [0.3, 0.4) is 0 Å². The summed E-state index contributed by atoms with van der Waals surface area (Å²) >= 11 is 12.8. The van der Waals surface area contributed by atoms with E-state index in [1.54, 1.807) is 51.1 Å². The molecule has 0 saturated heterocycles. The molecule has 1 aromatic carbocycles. The number of ether oxygens (including phenoxy) is 3. The minimum Gasteiger partial charge on any atom is -0.466 e. The Morgan fingerprint density at radius 2 is 1.91 bits per heavy atom. The van der Waals surface area contributed by atoms with Gasteiger partial charge >= 0.3 is 11.9 Å². The highest BCUT2D eigenvalue weighted by atomic mass is 35.5. The summed E-state index contributed by atoms with van der Waals surface area (Å²) < 4.78 is 21.4. The molecule has 0 bridgehead atoms. The van der Waals surface area contributed by atoms with Crippen LogP contribution in [0.1, 0.15) is 38.0 Å². The predicted octanol–water partition coefficient (Wildman–Crippen LogP) is 4.46. The van der Waals surface area contributed by atoms with Gasteiger partial charge in [0.2, 0.25) is 0 Å². The molecular formula is C25H27Cl2NO7. The van der Waals surface area contributed by atoms with Crippen LogP contribution < -0.4 is 5.32 Å². The maximum atomic E-state index is 13.2. The summed E-state index contributed by atoms with van der Waals surface area (Å²) in [5, 5.41) is 14.2. The summed E-state index contributed by atoms with van der Waals surface area (Å²) in [4.78, 5) is 26.0. The van der Waals surface area contributed by atoms with Crippen molar-refractivity contribution < 1.29 is 33.3 Å². The Morgan fingerprint density at radius 3 is 2.54 bits per heavy atom. The molecule has 0 fully saturated rings. The topological polar surface area (TPSA) is 107 Å². The molecule has 0 saturated carbocycles. The van der Waals surface area contributed by atoms with Crippen LogP contribution in [0.4, 0.5) is 0 Å². The minimum absolute atomic E-state index is 0.106. The highest BCUT2D eigenvalue weighted by molar-refractivity contribution is 6.42. The number of furan rings is 1. The van der Waals surface area contributed by atoms with E-state index in [0.717, 1.165) is 0 Å². The van der Waals surface area contributed by atoms with Gasteiger partial charge in [0.05, 0.1) is 66.0 Å². The van der Waals surface area contributed by atoms with Crippen LogP contribution in [0, 0.1) is 0 Å². The third kappa shape index (κ3) is 5.73. The van der Waals surface area contributed by atoms with Crippen molar-refractivity contribution in [2.45, 2.75) is 32.3 Å². The monoisotopic (exact) mass is 523 g/mol. The standard InChI is InChI=1S/C25H27Cl2NO7/c1-5-34-24(30)21-17(12-33-13-25(3,31)18-10-7-11-35-18)28-14(2)19(23(29)32-4)20(21)15-8-6-9-16(26)22(15)27/h6-11,20,28,31H,5,12-13H2,1-4H3. The molecule has 2 N–H and O–H groups in total. The lowest BCUT2D eigenvalue weighted by atomic mass is 9.80. The average molecular weight is 524 g/mol. The Balaban J connectivity index is 2.07. The molecule has 0 amide bonds. The van der Waals surface area contributed by atoms with Crippen molar-refractivity contribution in [3.63, 3.8) is 0 Å². The van der Waals surface area contributed by atoms with Crippen LogP contribution in [-0.4, -0.2) is 44.0 Å². The molecule has 1 aliphatic heterocycles. The van der Waals surface area contributed by atoms with Crippen LogP contribution in [0.2, 0.25) is 10.0 Å². The van der Waals surface area contributed by atoms with E-state index in [9.17, 15) is 14.7 Å². The zero-order chi connectivity index (χ0) is 25.8. The molecule has 8 nitrogen and oxygen atoms in total. The van der Waals surface area contributed by atoms with E-state index in [0.29, 0.717) is 22.7 Å². The predicted molar refractivity (Wildman–Crippen MR) is 130 cm³/mol. The van der Waals surface area contributed by atoms with Gasteiger partial charge in [-0.05, 0) is 44.5 Å². The lowest BCUT2D eigenvalue weighted by molar-refractivity contribution is -0.139. The first-order chi connectivity index (χ1) is 16.6. The molecule has 0 radical (unpaired) electrons. The first kappa shape index (κ1) is 26.8. The summed E-state index contributed by atoms with van der Waals surface area (Å²) in [6.45, 7) is 4.78. The molecule has 188 valence electrons. The fraction of sp³-hybridized carbons (Fsp3) is 0.360. The molecule has 2 aromatic rings. The molecule has 0 aliphatic carbocycles. The number of rotatable bonds is 9. The Hall–Kier alpha value is -2.78. The van der Waals surface area contributed by atoms with Crippen molar-refractivity contribution in [2.75, 3.05) is 26.9 Å². The molecule has 10 heteroatoms. The van der Waals surface area contributed by atoms with E-state index in [4.69, 9.17) is 41.8 Å². The van der Waals surface area contributed by atoms with E-state index in [-0.39, 0.29) is 41.0 Å². The second-order valence-electron chi connectivity index (χ2n) is 8.09. The van der Waals surface area contributed by atoms with Crippen molar-refractivity contribution >= 4 is 35.1 Å². The van der Waals surface area contributed by atoms with Gasteiger partial charge in [0, 0.05) is 5.70 Å². The fourth-order valence-electron chi connectivity index (χ4n) is 3.90. The summed E-state index contributed by atoms with van der Waals surface area (Å²) in [7, 11) is 1.25. The summed E-state index contributed by atoms with van der Waals surface area (Å²) in [5.74, 6) is -1.90. The third-order valence-electron chi connectivity index (χ3n) is 5.52. The molecule has 2 atom stereocenters. The van der Waals surface area contributed by atoms with E-state index in [1.165, 1.54) is 13.4 Å². The molecule has 0 spiro atoms. The third-order valence-corrected chi connectivity index (χ3v) is 6.35. The lowest BCUT2D eigenvalue weighted by Crippen LogP contribution is -2.36. The number of aliphatic hydroxyl groups is 1. The van der Waals surface area contributed by atoms with E-state index in [1.807, 2.05) is 0 Å². The van der Waals surface area contributed by atoms with Gasteiger partial charge in [-0.25, -0.2) is 9.59 Å². The van der Waals surface area contributed by atoms with Crippen molar-refractivity contribution in [1.29, 1.82) is 0 Å². The Kier molecular flexibility index (Phi) is 8.66. The lowest BCUT2D eigenvalue weighted by Gasteiger charge is -2.32. The van der Waals surface area contributed by atoms with Gasteiger partial charge in [0.15, 0.2) is 0 Å². The number of carbonyl (C=O) groups is 2. The molecule has 35 heavy (non-hydrogen) atoms. The van der Waals surface area contributed by atoms with Gasteiger partial charge < -0.3 is 29.1 Å². The quantitative estimate of drug-likeness (QED) is 0.463. The van der Waals surface area contributed by atoms with Crippen LogP contribution in [-0.2, 0) is 29.4 Å². The largest absolute Gasteiger partial charge is 0.466 e. The number of benzene rings is 1. The van der Waals surface area contributed by atoms with Crippen molar-refractivity contribution in [3.05, 3.63) is 80.5 Å². The van der Waals surface area contributed by atoms with Gasteiger partial charge in [0.1, 0.15) is 11.4 Å². The number of hydrogen-bond donors (Lipinski definition) is 2. The highest BCUT2D eigenvalue weighted by Gasteiger charge is 2.40. The van der Waals surface area contributed by atoms with E-state index < -0.39 is 23.5 Å². The maximum absolute atomic E-state index is 13.2. The number of hydrogen-bond acceptors (Lipinski definition) is 8. The van der Waals surface area contributed by atoms with Crippen molar-refractivity contribution in [3.8, 4) is 0 Å². The highest BCUT2D eigenvalue weighted by Crippen LogP contribution is 2.43. The normalized spacial score (nSPS) is 17.6. The Bertz CT molecular complexity index is 1150. The molecule has 1 aromatic heterocycles. The zero-order valence-electron chi connectivity index (χ0n) is 19.8. The fourth-order valence-corrected chi connectivity index (χ4v) is 4.32. The summed E-state index contributed by atoms with van der Waals surface area (Å²) in [5.41, 5.74) is 0.141.